The molecule has 1 atom stereocenters. The van der Waals surface area contributed by atoms with Crippen LogP contribution < -0.4 is 15.4 Å². The van der Waals surface area contributed by atoms with E-state index in [0.717, 1.165) is 37.9 Å². The van der Waals surface area contributed by atoms with Gasteiger partial charge in [-0.1, -0.05) is 12.1 Å². The molecule has 0 saturated carbocycles. The summed E-state index contributed by atoms with van der Waals surface area (Å²) < 4.78 is 26.0. The molecule has 0 radical (unpaired) electrons. The number of halogens is 1. The van der Waals surface area contributed by atoms with Gasteiger partial charge in [0.1, 0.15) is 0 Å². The van der Waals surface area contributed by atoms with E-state index >= 15 is 0 Å². The van der Waals surface area contributed by atoms with Crippen LogP contribution in [0.25, 0.3) is 0 Å². The van der Waals surface area contributed by atoms with Crippen LogP contribution in [0.4, 0.5) is 0 Å². The zero-order valence-corrected chi connectivity index (χ0v) is 16.4. The summed E-state index contributed by atoms with van der Waals surface area (Å²) in [5.41, 5.74) is 0.779. The summed E-state index contributed by atoms with van der Waals surface area (Å²) in [7, 11) is -2.09. The Labute approximate surface area is 156 Å². The molecule has 1 aromatic rings. The highest BCUT2D eigenvalue weighted by molar-refractivity contribution is 7.89. The molecule has 0 spiro atoms. The zero-order chi connectivity index (χ0) is 17.6. The van der Waals surface area contributed by atoms with Crippen molar-refractivity contribution in [3.8, 4) is 0 Å². The number of rotatable bonds is 7. The van der Waals surface area contributed by atoms with Gasteiger partial charge < -0.3 is 10.6 Å². The number of carbonyl (C=O) groups excluding carboxylic acids is 1. The standard InChI is InChI=1S/C17H27N3O3S.ClH/c1-13(15-4-3-5-16(12-15)24(22,23)18-2)20-17(21)7-6-14-8-10-19-11-9-14;/h3-5,12-14,18-19H,6-11H2,1-2H3,(H,20,21);1H. The summed E-state index contributed by atoms with van der Waals surface area (Å²) >= 11 is 0. The van der Waals surface area contributed by atoms with Crippen molar-refractivity contribution in [2.45, 2.75) is 43.5 Å². The summed E-state index contributed by atoms with van der Waals surface area (Å²) in [4.78, 5) is 12.4. The van der Waals surface area contributed by atoms with Gasteiger partial charge in [-0.15, -0.1) is 12.4 Å². The summed E-state index contributed by atoms with van der Waals surface area (Å²) in [5, 5.41) is 6.29. The van der Waals surface area contributed by atoms with E-state index in [1.807, 2.05) is 13.0 Å². The van der Waals surface area contributed by atoms with Crippen LogP contribution in [0.3, 0.4) is 0 Å². The van der Waals surface area contributed by atoms with Crippen molar-refractivity contribution in [1.29, 1.82) is 0 Å². The maximum Gasteiger partial charge on any atom is 0.240 e. The Hall–Kier alpha value is -1.15. The smallest absolute Gasteiger partial charge is 0.240 e. The lowest BCUT2D eigenvalue weighted by molar-refractivity contribution is -0.122. The van der Waals surface area contributed by atoms with Gasteiger partial charge in [-0.05, 0) is 69.9 Å². The van der Waals surface area contributed by atoms with Gasteiger partial charge in [-0.2, -0.15) is 0 Å². The average Bonchev–Trinajstić information content (AvgIpc) is 2.61. The first-order valence-electron chi connectivity index (χ1n) is 8.46. The van der Waals surface area contributed by atoms with Crippen molar-refractivity contribution in [2.75, 3.05) is 20.1 Å². The molecular weight excluding hydrogens is 362 g/mol. The van der Waals surface area contributed by atoms with E-state index < -0.39 is 10.0 Å². The number of piperidine rings is 1. The van der Waals surface area contributed by atoms with Crippen molar-refractivity contribution in [1.82, 2.24) is 15.4 Å². The SMILES string of the molecule is CNS(=O)(=O)c1cccc(C(C)NC(=O)CCC2CCNCC2)c1.Cl. The number of hydrogen-bond donors (Lipinski definition) is 3. The molecule has 8 heteroatoms. The first kappa shape index (κ1) is 21.9. The highest BCUT2D eigenvalue weighted by Gasteiger charge is 2.17. The topological polar surface area (TPSA) is 87.3 Å². The zero-order valence-electron chi connectivity index (χ0n) is 14.7. The minimum Gasteiger partial charge on any atom is -0.350 e. The number of benzene rings is 1. The van der Waals surface area contributed by atoms with Gasteiger partial charge in [0.05, 0.1) is 10.9 Å². The van der Waals surface area contributed by atoms with E-state index in [9.17, 15) is 13.2 Å². The first-order chi connectivity index (χ1) is 11.4. The van der Waals surface area contributed by atoms with Gasteiger partial charge in [0.2, 0.25) is 15.9 Å². The molecule has 3 N–H and O–H groups in total. The molecule has 1 saturated heterocycles. The molecule has 25 heavy (non-hydrogen) atoms. The fourth-order valence-corrected chi connectivity index (χ4v) is 3.76. The lowest BCUT2D eigenvalue weighted by Gasteiger charge is -2.22. The van der Waals surface area contributed by atoms with Crippen LogP contribution in [0.5, 0.6) is 0 Å². The van der Waals surface area contributed by atoms with Crippen LogP contribution >= 0.6 is 12.4 Å². The molecule has 1 aliphatic rings. The van der Waals surface area contributed by atoms with Gasteiger partial charge >= 0.3 is 0 Å². The van der Waals surface area contributed by atoms with E-state index in [1.165, 1.54) is 7.05 Å². The molecule has 0 bridgehead atoms. The number of hydrogen-bond acceptors (Lipinski definition) is 4. The number of sulfonamides is 1. The van der Waals surface area contributed by atoms with E-state index in [1.54, 1.807) is 18.2 Å². The minimum absolute atomic E-state index is 0. The van der Waals surface area contributed by atoms with E-state index in [0.29, 0.717) is 12.3 Å². The predicted octanol–water partition coefficient (Wildman–Crippen LogP) is 1.97. The Morgan fingerprint density at radius 3 is 2.64 bits per heavy atom. The van der Waals surface area contributed by atoms with E-state index in [2.05, 4.69) is 15.4 Å². The second-order valence-electron chi connectivity index (χ2n) is 6.30. The second-order valence-corrected chi connectivity index (χ2v) is 8.19. The number of nitrogens with one attached hydrogen (secondary N) is 3. The fourth-order valence-electron chi connectivity index (χ4n) is 2.97. The third-order valence-electron chi connectivity index (χ3n) is 4.55. The normalized spacial score (nSPS) is 16.7. The molecule has 1 heterocycles. The Balaban J connectivity index is 0.00000312. The lowest BCUT2D eigenvalue weighted by Crippen LogP contribution is -2.30. The fraction of sp³-hybridized carbons (Fsp3) is 0.588. The molecule has 0 aliphatic carbocycles. The van der Waals surface area contributed by atoms with Crippen LogP contribution in [0.15, 0.2) is 29.2 Å². The molecule has 142 valence electrons. The molecule has 2 rings (SSSR count). The van der Waals surface area contributed by atoms with Crippen LogP contribution in [-0.4, -0.2) is 34.5 Å². The second kappa shape index (κ2) is 10.1. The van der Waals surface area contributed by atoms with Crippen molar-refractivity contribution < 1.29 is 13.2 Å². The van der Waals surface area contributed by atoms with Crippen molar-refractivity contribution >= 4 is 28.3 Å². The largest absolute Gasteiger partial charge is 0.350 e. The molecule has 1 aliphatic heterocycles. The summed E-state index contributed by atoms with van der Waals surface area (Å²) in [6.07, 6.45) is 3.69. The number of amides is 1. The van der Waals surface area contributed by atoms with Crippen molar-refractivity contribution in [3.63, 3.8) is 0 Å². The molecule has 1 amide bonds. The third-order valence-corrected chi connectivity index (χ3v) is 5.96. The van der Waals surface area contributed by atoms with Gasteiger partial charge in [0.15, 0.2) is 0 Å². The molecule has 0 aromatic heterocycles. The Kier molecular flexibility index (Phi) is 8.85. The summed E-state index contributed by atoms with van der Waals surface area (Å²) in [6, 6.07) is 6.44. The molecule has 1 aromatic carbocycles. The lowest BCUT2D eigenvalue weighted by atomic mass is 9.93. The van der Waals surface area contributed by atoms with E-state index in [-0.39, 0.29) is 29.3 Å². The highest BCUT2D eigenvalue weighted by Crippen LogP contribution is 2.20. The average molecular weight is 390 g/mol. The predicted molar refractivity (Wildman–Crippen MR) is 101 cm³/mol. The molecule has 6 nitrogen and oxygen atoms in total. The van der Waals surface area contributed by atoms with Crippen LogP contribution in [0.2, 0.25) is 0 Å². The highest BCUT2D eigenvalue weighted by atomic mass is 35.5. The first-order valence-corrected chi connectivity index (χ1v) is 9.94. The molecule has 1 unspecified atom stereocenters. The Morgan fingerprint density at radius 1 is 1.32 bits per heavy atom. The minimum atomic E-state index is -3.48. The Morgan fingerprint density at radius 2 is 2.00 bits per heavy atom. The molecular formula is C17H28ClN3O3S. The third kappa shape index (κ3) is 6.58. The van der Waals surface area contributed by atoms with Gasteiger partial charge in [0.25, 0.3) is 0 Å². The molecule has 1 fully saturated rings. The van der Waals surface area contributed by atoms with Crippen LogP contribution in [0, 0.1) is 5.92 Å². The maximum atomic E-state index is 12.2. The maximum absolute atomic E-state index is 12.2. The summed E-state index contributed by atoms with van der Waals surface area (Å²) in [6.45, 7) is 3.94. The van der Waals surface area contributed by atoms with E-state index in [4.69, 9.17) is 0 Å². The van der Waals surface area contributed by atoms with Crippen molar-refractivity contribution in [3.05, 3.63) is 29.8 Å². The van der Waals surface area contributed by atoms with Crippen LogP contribution in [-0.2, 0) is 14.8 Å². The number of carbonyl (C=O) groups is 1. The van der Waals surface area contributed by atoms with Crippen LogP contribution in [0.1, 0.15) is 44.2 Å². The summed E-state index contributed by atoms with van der Waals surface area (Å²) in [5.74, 6) is 0.638. The monoisotopic (exact) mass is 389 g/mol. The van der Waals surface area contributed by atoms with Crippen molar-refractivity contribution in [2.24, 2.45) is 5.92 Å². The quantitative estimate of drug-likeness (QED) is 0.665. The van der Waals surface area contributed by atoms with Gasteiger partial charge in [-0.25, -0.2) is 13.1 Å². The Bertz CT molecular complexity index is 661. The van der Waals surface area contributed by atoms with Gasteiger partial charge in [-0.3, -0.25) is 4.79 Å². The van der Waals surface area contributed by atoms with Gasteiger partial charge in [0, 0.05) is 6.42 Å².